The molecule has 1 aliphatic rings. The largest absolute Gasteiger partial charge is 0.289 e. The predicted octanol–water partition coefficient (Wildman–Crippen LogP) is 6.66. The van der Waals surface area contributed by atoms with Crippen LogP contribution >= 0.6 is 0 Å². The minimum atomic E-state index is 0.311. The maximum Gasteiger partial charge on any atom is 0.0604 e. The van der Waals surface area contributed by atoms with Crippen LogP contribution in [0, 0.1) is 13.8 Å². The fourth-order valence-electron chi connectivity index (χ4n) is 4.95. The molecule has 3 aromatic rings. The van der Waals surface area contributed by atoms with Crippen LogP contribution in [0.25, 0.3) is 0 Å². The molecule has 4 rings (SSSR count). The molecule has 1 saturated carbocycles. The highest BCUT2D eigenvalue weighted by Crippen LogP contribution is 2.45. The predicted molar refractivity (Wildman–Crippen MR) is 119 cm³/mol. The Morgan fingerprint density at radius 3 is 1.75 bits per heavy atom. The zero-order valence-electron chi connectivity index (χ0n) is 17.3. The van der Waals surface area contributed by atoms with Crippen molar-refractivity contribution >= 4 is 0 Å². The van der Waals surface area contributed by atoms with Gasteiger partial charge in [0.1, 0.15) is 0 Å². The Morgan fingerprint density at radius 2 is 1.32 bits per heavy atom. The van der Waals surface area contributed by atoms with Gasteiger partial charge in [-0.2, -0.15) is 0 Å². The maximum atomic E-state index is 2.73. The van der Waals surface area contributed by atoms with E-state index < -0.39 is 0 Å². The second-order valence-electron chi connectivity index (χ2n) is 8.23. The number of hydrogen-bond donors (Lipinski definition) is 0. The summed E-state index contributed by atoms with van der Waals surface area (Å²) in [6.07, 6.45) is 2.57. The first kappa shape index (κ1) is 19.0. The Hall–Kier alpha value is -2.38. The fourth-order valence-corrected chi connectivity index (χ4v) is 4.95. The van der Waals surface area contributed by atoms with Crippen molar-refractivity contribution in [3.05, 3.63) is 107 Å². The van der Waals surface area contributed by atoms with Gasteiger partial charge in [-0.05, 0) is 55.8 Å². The molecule has 0 heterocycles. The molecule has 2 atom stereocenters. The van der Waals surface area contributed by atoms with E-state index in [2.05, 4.69) is 105 Å². The summed E-state index contributed by atoms with van der Waals surface area (Å²) in [6, 6.07) is 30.0. The Bertz CT molecular complexity index is 840. The Balaban J connectivity index is 1.70. The minimum absolute atomic E-state index is 0.311. The molecular weight excluding hydrogens is 338 g/mol. The average Bonchev–Trinajstić information content (AvgIpc) is 2.67. The van der Waals surface area contributed by atoms with Crippen LogP contribution < -0.4 is 0 Å². The van der Waals surface area contributed by atoms with Crippen LogP contribution in [-0.2, 0) is 0 Å². The first-order valence-corrected chi connectivity index (χ1v) is 10.6. The third-order valence-electron chi connectivity index (χ3n) is 6.26. The molecule has 28 heavy (non-hydrogen) atoms. The van der Waals surface area contributed by atoms with Gasteiger partial charge in [-0.15, -0.1) is 0 Å². The summed E-state index contributed by atoms with van der Waals surface area (Å²) in [4.78, 5) is 2.73. The Labute approximate surface area is 170 Å². The summed E-state index contributed by atoms with van der Waals surface area (Å²) < 4.78 is 0. The molecule has 0 amide bonds. The first-order valence-electron chi connectivity index (χ1n) is 10.6. The quantitative estimate of drug-likeness (QED) is 0.469. The van der Waals surface area contributed by atoms with Gasteiger partial charge in [-0.25, -0.2) is 0 Å². The molecule has 0 N–H and O–H groups in total. The van der Waals surface area contributed by atoms with Crippen molar-refractivity contribution in [3.63, 3.8) is 0 Å². The van der Waals surface area contributed by atoms with Gasteiger partial charge >= 0.3 is 0 Å². The molecular formula is C27H31N. The van der Waals surface area contributed by atoms with Crippen molar-refractivity contribution in [1.82, 2.24) is 4.90 Å². The third kappa shape index (κ3) is 3.77. The summed E-state index contributed by atoms with van der Waals surface area (Å²) in [5.41, 5.74) is 7.06. The molecule has 0 saturated heterocycles. The van der Waals surface area contributed by atoms with Gasteiger partial charge < -0.3 is 0 Å². The SMILES string of the molecule is CCN(C(c1ccccc1)c1ccccc1)C1CCC1c1cc(C)cc(C)c1. The van der Waals surface area contributed by atoms with E-state index >= 15 is 0 Å². The first-order chi connectivity index (χ1) is 13.7. The highest BCUT2D eigenvalue weighted by atomic mass is 15.2. The molecule has 0 spiro atoms. The van der Waals surface area contributed by atoms with E-state index in [1.54, 1.807) is 0 Å². The van der Waals surface area contributed by atoms with Crippen molar-refractivity contribution in [2.24, 2.45) is 0 Å². The molecule has 2 unspecified atom stereocenters. The Kier molecular flexibility index (Phi) is 5.64. The number of rotatable bonds is 6. The Morgan fingerprint density at radius 1 is 0.786 bits per heavy atom. The van der Waals surface area contributed by atoms with Gasteiger partial charge in [-0.1, -0.05) is 96.9 Å². The van der Waals surface area contributed by atoms with Gasteiger partial charge in [0, 0.05) is 6.04 Å². The lowest BCUT2D eigenvalue weighted by Crippen LogP contribution is -2.47. The highest BCUT2D eigenvalue weighted by molar-refractivity contribution is 5.36. The molecule has 0 bridgehead atoms. The van der Waals surface area contributed by atoms with Crippen molar-refractivity contribution in [2.75, 3.05) is 6.54 Å². The van der Waals surface area contributed by atoms with E-state index in [9.17, 15) is 0 Å². The summed E-state index contributed by atoms with van der Waals surface area (Å²) in [7, 11) is 0. The van der Waals surface area contributed by atoms with Crippen LogP contribution in [-0.4, -0.2) is 17.5 Å². The molecule has 1 fully saturated rings. The number of hydrogen-bond acceptors (Lipinski definition) is 1. The zero-order chi connectivity index (χ0) is 19.5. The average molecular weight is 370 g/mol. The molecule has 0 aromatic heterocycles. The summed E-state index contributed by atoms with van der Waals surface area (Å²) >= 11 is 0. The van der Waals surface area contributed by atoms with Gasteiger partial charge in [0.15, 0.2) is 0 Å². The van der Waals surface area contributed by atoms with E-state index in [1.165, 1.54) is 40.7 Å². The number of aryl methyl sites for hydroxylation is 2. The monoisotopic (exact) mass is 369 g/mol. The van der Waals surface area contributed by atoms with Crippen molar-refractivity contribution < 1.29 is 0 Å². The topological polar surface area (TPSA) is 3.24 Å². The fraction of sp³-hybridized carbons (Fsp3) is 0.333. The minimum Gasteiger partial charge on any atom is -0.289 e. The zero-order valence-corrected chi connectivity index (χ0v) is 17.3. The van der Waals surface area contributed by atoms with Crippen LogP contribution in [0.4, 0.5) is 0 Å². The second-order valence-corrected chi connectivity index (χ2v) is 8.23. The summed E-state index contributed by atoms with van der Waals surface area (Å²) in [5, 5.41) is 0. The van der Waals surface area contributed by atoms with E-state index in [0.717, 1.165) is 6.54 Å². The van der Waals surface area contributed by atoms with Crippen molar-refractivity contribution in [1.29, 1.82) is 0 Å². The second kappa shape index (κ2) is 8.32. The number of benzene rings is 3. The molecule has 144 valence electrons. The van der Waals surface area contributed by atoms with E-state index in [1.807, 2.05) is 0 Å². The molecule has 1 nitrogen and oxygen atoms in total. The number of likely N-dealkylation sites (N-methyl/N-ethyl adjacent to an activating group) is 1. The van der Waals surface area contributed by atoms with E-state index in [0.29, 0.717) is 18.0 Å². The normalized spacial score (nSPS) is 19.0. The van der Waals surface area contributed by atoms with Gasteiger partial charge in [-0.3, -0.25) is 4.90 Å². The lowest BCUT2D eigenvalue weighted by Gasteiger charge is -2.48. The lowest BCUT2D eigenvalue weighted by atomic mass is 9.72. The van der Waals surface area contributed by atoms with Gasteiger partial charge in [0.2, 0.25) is 0 Å². The summed E-state index contributed by atoms with van der Waals surface area (Å²) in [5.74, 6) is 0.633. The van der Waals surface area contributed by atoms with E-state index in [-0.39, 0.29) is 0 Å². The van der Waals surface area contributed by atoms with Gasteiger partial charge in [0.05, 0.1) is 6.04 Å². The lowest BCUT2D eigenvalue weighted by molar-refractivity contribution is 0.0787. The number of nitrogens with zero attached hydrogens (tertiary/aromatic N) is 1. The molecule has 3 aromatic carbocycles. The molecule has 1 aliphatic carbocycles. The molecule has 1 heteroatoms. The van der Waals surface area contributed by atoms with Crippen molar-refractivity contribution in [3.8, 4) is 0 Å². The van der Waals surface area contributed by atoms with Crippen LogP contribution in [0.1, 0.15) is 59.5 Å². The van der Waals surface area contributed by atoms with Crippen molar-refractivity contribution in [2.45, 2.75) is 51.6 Å². The van der Waals surface area contributed by atoms with Crippen LogP contribution in [0.5, 0.6) is 0 Å². The van der Waals surface area contributed by atoms with Crippen LogP contribution in [0.3, 0.4) is 0 Å². The molecule has 0 aliphatic heterocycles. The van der Waals surface area contributed by atoms with Gasteiger partial charge in [0.25, 0.3) is 0 Å². The van der Waals surface area contributed by atoms with Crippen LogP contribution in [0.2, 0.25) is 0 Å². The van der Waals surface area contributed by atoms with E-state index in [4.69, 9.17) is 0 Å². The molecule has 0 radical (unpaired) electrons. The highest BCUT2D eigenvalue weighted by Gasteiger charge is 2.39. The van der Waals surface area contributed by atoms with Crippen LogP contribution in [0.15, 0.2) is 78.9 Å². The summed E-state index contributed by atoms with van der Waals surface area (Å²) in [6.45, 7) is 7.81. The standard InChI is InChI=1S/C27H31N/c1-4-28(26-16-15-25(26)24-18-20(2)17-21(3)19-24)27(22-11-7-5-8-12-22)23-13-9-6-10-14-23/h5-14,17-19,25-27H,4,15-16H2,1-3H3. The smallest absolute Gasteiger partial charge is 0.0604 e. The maximum absolute atomic E-state index is 2.73. The third-order valence-corrected chi connectivity index (χ3v) is 6.26.